The number of alkyl halides is 1. The van der Waals surface area contributed by atoms with Crippen molar-refractivity contribution in [2.24, 2.45) is 0 Å². The lowest BCUT2D eigenvalue weighted by molar-refractivity contribution is -0.110. The Morgan fingerprint density at radius 2 is 1.68 bits per heavy atom. The number of aldehydes is 1. The van der Waals surface area contributed by atoms with E-state index in [9.17, 15) is 4.79 Å². The molecule has 150 valence electrons. The molecular formula is C23H27IO4. The molecule has 1 fully saturated rings. The van der Waals surface area contributed by atoms with Crippen molar-refractivity contribution in [1.82, 2.24) is 0 Å². The summed E-state index contributed by atoms with van der Waals surface area (Å²) in [5, 5.41) is 0. The molecule has 0 bridgehead atoms. The van der Waals surface area contributed by atoms with Gasteiger partial charge in [-0.15, -0.1) is 0 Å². The SMILES string of the molecule is O=CCC[C@H](OCc1ccccc1)[C@H]1C[C@H](OCc2ccccc2)C(CI)O1. The number of ether oxygens (including phenoxy) is 3. The van der Waals surface area contributed by atoms with Gasteiger partial charge in [0.25, 0.3) is 0 Å². The summed E-state index contributed by atoms with van der Waals surface area (Å²) in [5.74, 6) is 0. The van der Waals surface area contributed by atoms with Crippen molar-refractivity contribution in [3.8, 4) is 0 Å². The minimum atomic E-state index is -0.110. The lowest BCUT2D eigenvalue weighted by Crippen LogP contribution is -2.30. The average molecular weight is 494 g/mol. The number of benzene rings is 2. The first-order chi connectivity index (χ1) is 13.8. The Kier molecular flexibility index (Phi) is 8.92. The van der Waals surface area contributed by atoms with E-state index >= 15 is 0 Å². The van der Waals surface area contributed by atoms with Gasteiger partial charge in [-0.05, 0) is 17.5 Å². The highest BCUT2D eigenvalue weighted by Crippen LogP contribution is 2.30. The molecule has 28 heavy (non-hydrogen) atoms. The van der Waals surface area contributed by atoms with Crippen LogP contribution in [-0.2, 0) is 32.2 Å². The number of hydrogen-bond donors (Lipinski definition) is 0. The maximum absolute atomic E-state index is 10.9. The molecule has 0 N–H and O–H groups in total. The van der Waals surface area contributed by atoms with E-state index in [0.717, 1.165) is 28.3 Å². The summed E-state index contributed by atoms with van der Waals surface area (Å²) >= 11 is 2.35. The van der Waals surface area contributed by atoms with Gasteiger partial charge in [0.2, 0.25) is 0 Å². The molecule has 5 heteroatoms. The second-order valence-electron chi connectivity index (χ2n) is 7.02. The lowest BCUT2D eigenvalue weighted by atomic mass is 10.0. The smallest absolute Gasteiger partial charge is 0.120 e. The molecule has 0 aromatic heterocycles. The Bertz CT molecular complexity index is 694. The Labute approximate surface area is 180 Å². The molecule has 1 aliphatic heterocycles. The van der Waals surface area contributed by atoms with E-state index in [4.69, 9.17) is 14.2 Å². The molecule has 4 nitrogen and oxygen atoms in total. The summed E-state index contributed by atoms with van der Waals surface area (Å²) in [6.07, 6.45) is 2.82. The number of hydrogen-bond acceptors (Lipinski definition) is 4. The van der Waals surface area contributed by atoms with Crippen LogP contribution in [0.1, 0.15) is 30.4 Å². The van der Waals surface area contributed by atoms with Crippen LogP contribution in [0.5, 0.6) is 0 Å². The van der Waals surface area contributed by atoms with Gasteiger partial charge >= 0.3 is 0 Å². The fraction of sp³-hybridized carbons (Fsp3) is 0.435. The summed E-state index contributed by atoms with van der Waals surface area (Å²) in [7, 11) is 0. The Hall–Kier alpha value is -1.28. The monoisotopic (exact) mass is 494 g/mol. The van der Waals surface area contributed by atoms with Gasteiger partial charge in [0, 0.05) is 17.3 Å². The maximum atomic E-state index is 10.9. The second-order valence-corrected chi connectivity index (χ2v) is 7.90. The van der Waals surface area contributed by atoms with Crippen LogP contribution in [0.15, 0.2) is 60.7 Å². The first kappa shape index (κ1) is 21.4. The van der Waals surface area contributed by atoms with Gasteiger partial charge in [-0.3, -0.25) is 0 Å². The van der Waals surface area contributed by atoms with Crippen LogP contribution >= 0.6 is 22.6 Å². The third-order valence-corrected chi connectivity index (χ3v) is 5.85. The Morgan fingerprint density at radius 3 is 2.29 bits per heavy atom. The molecule has 0 saturated carbocycles. The van der Waals surface area contributed by atoms with Crippen LogP contribution in [0.4, 0.5) is 0 Å². The van der Waals surface area contributed by atoms with Gasteiger partial charge in [-0.2, -0.15) is 0 Å². The highest BCUT2D eigenvalue weighted by Gasteiger charge is 2.39. The second kappa shape index (κ2) is 11.7. The molecule has 1 unspecified atom stereocenters. The molecule has 0 spiro atoms. The standard InChI is InChI=1S/C23H27IO4/c24-15-23-21(27-17-19-10-5-2-6-11-19)14-22(28-23)20(12-7-13-25)26-16-18-8-3-1-4-9-18/h1-6,8-11,13,20-23H,7,12,14-17H2/t20-,21-,22+,23?/m0/s1. The lowest BCUT2D eigenvalue weighted by Gasteiger charge is -2.23. The zero-order chi connectivity index (χ0) is 19.6. The molecule has 1 aliphatic rings. The van der Waals surface area contributed by atoms with E-state index in [-0.39, 0.29) is 24.4 Å². The van der Waals surface area contributed by atoms with Crippen LogP contribution in [0.25, 0.3) is 0 Å². The van der Waals surface area contributed by atoms with Crippen molar-refractivity contribution in [2.75, 3.05) is 4.43 Å². The van der Waals surface area contributed by atoms with E-state index in [1.54, 1.807) is 0 Å². The average Bonchev–Trinajstić information content (AvgIpc) is 3.17. The minimum Gasteiger partial charge on any atom is -0.371 e. The zero-order valence-corrected chi connectivity index (χ0v) is 18.1. The molecule has 1 heterocycles. The molecule has 2 aromatic rings. The van der Waals surface area contributed by atoms with E-state index < -0.39 is 0 Å². The van der Waals surface area contributed by atoms with Crippen LogP contribution in [-0.4, -0.2) is 35.1 Å². The normalized spacial score (nSPS) is 22.8. The largest absolute Gasteiger partial charge is 0.371 e. The Balaban J connectivity index is 1.58. The maximum Gasteiger partial charge on any atom is 0.120 e. The van der Waals surface area contributed by atoms with E-state index in [1.165, 1.54) is 0 Å². The first-order valence-electron chi connectivity index (χ1n) is 9.76. The van der Waals surface area contributed by atoms with Gasteiger partial charge < -0.3 is 19.0 Å². The van der Waals surface area contributed by atoms with Crippen LogP contribution in [0.2, 0.25) is 0 Å². The molecule has 1 saturated heterocycles. The number of carbonyl (C=O) groups excluding carboxylic acids is 1. The van der Waals surface area contributed by atoms with Crippen molar-refractivity contribution >= 4 is 28.9 Å². The minimum absolute atomic E-state index is 0.0427. The predicted molar refractivity (Wildman–Crippen MR) is 118 cm³/mol. The molecule has 0 radical (unpaired) electrons. The van der Waals surface area contributed by atoms with Crippen molar-refractivity contribution < 1.29 is 19.0 Å². The van der Waals surface area contributed by atoms with Gasteiger partial charge in [0.15, 0.2) is 0 Å². The van der Waals surface area contributed by atoms with Crippen LogP contribution in [0, 0.1) is 0 Å². The van der Waals surface area contributed by atoms with Crippen LogP contribution in [0.3, 0.4) is 0 Å². The highest BCUT2D eigenvalue weighted by atomic mass is 127. The van der Waals surface area contributed by atoms with E-state index in [1.807, 2.05) is 48.5 Å². The molecule has 2 aromatic carbocycles. The first-order valence-corrected chi connectivity index (χ1v) is 11.3. The van der Waals surface area contributed by atoms with Crippen molar-refractivity contribution in [3.63, 3.8) is 0 Å². The van der Waals surface area contributed by atoms with E-state index in [2.05, 4.69) is 34.7 Å². The molecule has 4 atom stereocenters. The number of halogens is 1. The number of rotatable bonds is 11. The van der Waals surface area contributed by atoms with Gasteiger partial charge in [0.05, 0.1) is 37.6 Å². The topological polar surface area (TPSA) is 44.8 Å². The van der Waals surface area contributed by atoms with Crippen molar-refractivity contribution in [1.29, 1.82) is 0 Å². The summed E-state index contributed by atoms with van der Waals surface area (Å²) in [6.45, 7) is 1.10. The van der Waals surface area contributed by atoms with E-state index in [0.29, 0.717) is 26.1 Å². The van der Waals surface area contributed by atoms with Gasteiger partial charge in [0.1, 0.15) is 6.29 Å². The molecule has 3 rings (SSSR count). The summed E-state index contributed by atoms with van der Waals surface area (Å²) < 4.78 is 19.5. The fourth-order valence-electron chi connectivity index (χ4n) is 3.46. The van der Waals surface area contributed by atoms with Gasteiger partial charge in [-0.1, -0.05) is 83.3 Å². The van der Waals surface area contributed by atoms with Crippen molar-refractivity contribution in [3.05, 3.63) is 71.8 Å². The summed E-state index contributed by atoms with van der Waals surface area (Å²) in [6, 6.07) is 20.3. The molecule has 0 amide bonds. The predicted octanol–water partition coefficient (Wildman–Crippen LogP) is 4.73. The third-order valence-electron chi connectivity index (χ3n) is 4.98. The Morgan fingerprint density at radius 1 is 1.04 bits per heavy atom. The molecular weight excluding hydrogens is 467 g/mol. The van der Waals surface area contributed by atoms with Gasteiger partial charge in [-0.25, -0.2) is 0 Å². The fourth-order valence-corrected chi connectivity index (χ4v) is 4.24. The summed E-state index contributed by atoms with van der Waals surface area (Å²) in [5.41, 5.74) is 2.29. The third kappa shape index (κ3) is 6.37. The zero-order valence-electron chi connectivity index (χ0n) is 15.9. The molecule has 0 aliphatic carbocycles. The highest BCUT2D eigenvalue weighted by molar-refractivity contribution is 14.1. The van der Waals surface area contributed by atoms with Crippen molar-refractivity contribution in [2.45, 2.75) is 56.9 Å². The summed E-state index contributed by atoms with van der Waals surface area (Å²) in [4.78, 5) is 10.9. The van der Waals surface area contributed by atoms with Crippen LogP contribution < -0.4 is 0 Å². The quantitative estimate of drug-likeness (QED) is 0.258. The number of carbonyl (C=O) groups is 1.